The van der Waals surface area contributed by atoms with E-state index in [0.717, 1.165) is 23.5 Å². The smallest absolute Gasteiger partial charge is 0.239 e. The molecule has 0 fully saturated rings. The molecule has 1 aliphatic rings. The Morgan fingerprint density at radius 1 is 1.29 bits per heavy atom. The van der Waals surface area contributed by atoms with Gasteiger partial charge in [-0.2, -0.15) is 12.6 Å². The van der Waals surface area contributed by atoms with Crippen molar-refractivity contribution >= 4 is 35.0 Å². The molecule has 21 heavy (non-hydrogen) atoms. The lowest BCUT2D eigenvalue weighted by atomic mass is 10.0. The van der Waals surface area contributed by atoms with E-state index in [1.54, 1.807) is 11.3 Å². The number of hydrogen-bond donors (Lipinski definition) is 2. The zero-order chi connectivity index (χ0) is 14.7. The van der Waals surface area contributed by atoms with Gasteiger partial charge < -0.3 is 5.32 Å². The fourth-order valence-corrected chi connectivity index (χ4v) is 3.85. The summed E-state index contributed by atoms with van der Waals surface area (Å²) < 4.78 is 0. The first-order valence-electron chi connectivity index (χ1n) is 7.24. The van der Waals surface area contributed by atoms with Crippen LogP contribution >= 0.6 is 24.0 Å². The molecular formula is C16H18N2OS2. The van der Waals surface area contributed by atoms with Gasteiger partial charge in [0.2, 0.25) is 5.91 Å². The third kappa shape index (κ3) is 3.66. The molecule has 0 saturated carbocycles. The number of thiazole rings is 1. The van der Waals surface area contributed by atoms with E-state index < -0.39 is 0 Å². The van der Waals surface area contributed by atoms with Crippen LogP contribution in [-0.2, 0) is 24.1 Å². The van der Waals surface area contributed by atoms with E-state index in [0.29, 0.717) is 6.42 Å². The number of hydrogen-bond acceptors (Lipinski definition) is 4. The van der Waals surface area contributed by atoms with Crippen LogP contribution in [0, 0.1) is 0 Å². The summed E-state index contributed by atoms with van der Waals surface area (Å²) in [6.45, 7) is 0. The number of thiol groups is 1. The fraction of sp³-hybridized carbons (Fsp3) is 0.375. The van der Waals surface area contributed by atoms with Crippen LogP contribution < -0.4 is 5.32 Å². The Morgan fingerprint density at radius 2 is 2.05 bits per heavy atom. The molecule has 0 spiro atoms. The maximum absolute atomic E-state index is 12.2. The van der Waals surface area contributed by atoms with Gasteiger partial charge in [0.15, 0.2) is 5.13 Å². The highest BCUT2D eigenvalue weighted by molar-refractivity contribution is 7.81. The molecule has 1 atom stereocenters. The normalized spacial score (nSPS) is 15.3. The third-order valence-electron chi connectivity index (χ3n) is 3.65. The number of aromatic nitrogens is 1. The molecule has 110 valence electrons. The van der Waals surface area contributed by atoms with Crippen molar-refractivity contribution in [3.63, 3.8) is 0 Å². The minimum Gasteiger partial charge on any atom is -0.301 e. The summed E-state index contributed by atoms with van der Waals surface area (Å²) in [6.07, 6.45) is 5.19. The molecule has 1 aromatic heterocycles. The monoisotopic (exact) mass is 318 g/mol. The Bertz CT molecular complexity index is 601. The summed E-state index contributed by atoms with van der Waals surface area (Å²) >= 11 is 6.03. The molecular weight excluding hydrogens is 300 g/mol. The SMILES string of the molecule is O=C(Nc1nc2c(s1)CCCC2)C(S)Cc1ccccc1. The second kappa shape index (κ2) is 6.62. The average Bonchev–Trinajstić information content (AvgIpc) is 2.90. The van der Waals surface area contributed by atoms with Gasteiger partial charge in [-0.25, -0.2) is 4.98 Å². The Morgan fingerprint density at radius 3 is 2.81 bits per heavy atom. The van der Waals surface area contributed by atoms with Crippen molar-refractivity contribution in [2.75, 3.05) is 5.32 Å². The topological polar surface area (TPSA) is 42.0 Å². The largest absolute Gasteiger partial charge is 0.301 e. The van der Waals surface area contributed by atoms with Gasteiger partial charge in [-0.3, -0.25) is 4.79 Å². The minimum absolute atomic E-state index is 0.0757. The van der Waals surface area contributed by atoms with E-state index in [-0.39, 0.29) is 11.2 Å². The third-order valence-corrected chi connectivity index (χ3v) is 5.14. The number of nitrogens with zero attached hydrogens (tertiary/aromatic N) is 1. The number of rotatable bonds is 4. The molecule has 0 bridgehead atoms. The van der Waals surface area contributed by atoms with E-state index in [1.807, 2.05) is 30.3 Å². The quantitative estimate of drug-likeness (QED) is 0.847. The lowest BCUT2D eigenvalue weighted by molar-refractivity contribution is -0.115. The van der Waals surface area contributed by atoms with Crippen LogP contribution in [0.25, 0.3) is 0 Å². The number of amides is 1. The Hall–Kier alpha value is -1.33. The average molecular weight is 318 g/mol. The van der Waals surface area contributed by atoms with Crippen molar-refractivity contribution in [2.45, 2.75) is 37.4 Å². The van der Waals surface area contributed by atoms with Crippen LogP contribution in [0.4, 0.5) is 5.13 Å². The van der Waals surface area contributed by atoms with E-state index >= 15 is 0 Å². The summed E-state index contributed by atoms with van der Waals surface area (Å²) in [4.78, 5) is 18.1. The Kier molecular flexibility index (Phi) is 4.60. The molecule has 3 nitrogen and oxygen atoms in total. The van der Waals surface area contributed by atoms with E-state index in [9.17, 15) is 4.79 Å². The minimum atomic E-state index is -0.353. The number of benzene rings is 1. The van der Waals surface area contributed by atoms with Crippen molar-refractivity contribution in [1.29, 1.82) is 0 Å². The van der Waals surface area contributed by atoms with Gasteiger partial charge in [-0.1, -0.05) is 30.3 Å². The summed E-state index contributed by atoms with van der Waals surface area (Å²) in [5.74, 6) is -0.0757. The number of fused-ring (bicyclic) bond motifs is 1. The molecule has 1 amide bonds. The first kappa shape index (κ1) is 14.6. The van der Waals surface area contributed by atoms with E-state index in [2.05, 4.69) is 22.9 Å². The fourth-order valence-electron chi connectivity index (χ4n) is 2.52. The van der Waals surface area contributed by atoms with Gasteiger partial charge >= 0.3 is 0 Å². The van der Waals surface area contributed by atoms with Crippen molar-refractivity contribution < 1.29 is 4.79 Å². The standard InChI is InChI=1S/C16H18N2OS2/c19-15(13(20)10-11-6-2-1-3-7-11)18-16-17-12-8-4-5-9-14(12)21-16/h1-3,6-7,13,20H,4-5,8-10H2,(H,17,18,19). The van der Waals surface area contributed by atoms with Crippen molar-refractivity contribution in [3.8, 4) is 0 Å². The highest BCUT2D eigenvalue weighted by Crippen LogP contribution is 2.29. The molecule has 2 aromatic rings. The maximum Gasteiger partial charge on any atom is 0.239 e. The molecule has 0 aliphatic heterocycles. The van der Waals surface area contributed by atoms with Crippen LogP contribution in [-0.4, -0.2) is 16.1 Å². The van der Waals surface area contributed by atoms with Crippen molar-refractivity contribution in [1.82, 2.24) is 4.98 Å². The van der Waals surface area contributed by atoms with Crippen molar-refractivity contribution in [3.05, 3.63) is 46.5 Å². The molecule has 1 heterocycles. The second-order valence-corrected chi connectivity index (χ2v) is 7.00. The summed E-state index contributed by atoms with van der Waals surface area (Å²) in [7, 11) is 0. The predicted octanol–water partition coefficient (Wildman–Crippen LogP) is 3.50. The number of nitrogens with one attached hydrogen (secondary N) is 1. The van der Waals surface area contributed by atoms with Gasteiger partial charge in [0.1, 0.15) is 0 Å². The van der Waals surface area contributed by atoms with Gasteiger partial charge in [0, 0.05) is 4.88 Å². The molecule has 1 aliphatic carbocycles. The molecule has 1 aromatic carbocycles. The zero-order valence-electron chi connectivity index (χ0n) is 11.7. The van der Waals surface area contributed by atoms with Crippen LogP contribution in [0.15, 0.2) is 30.3 Å². The van der Waals surface area contributed by atoms with Crippen LogP contribution in [0.1, 0.15) is 29.0 Å². The Labute approximate surface area is 134 Å². The molecule has 5 heteroatoms. The van der Waals surface area contributed by atoms with Crippen LogP contribution in [0.5, 0.6) is 0 Å². The van der Waals surface area contributed by atoms with Gasteiger partial charge in [-0.05, 0) is 37.7 Å². The maximum atomic E-state index is 12.2. The molecule has 3 rings (SSSR count). The highest BCUT2D eigenvalue weighted by Gasteiger charge is 2.19. The molecule has 0 radical (unpaired) electrons. The van der Waals surface area contributed by atoms with Crippen molar-refractivity contribution in [2.24, 2.45) is 0 Å². The first-order chi connectivity index (χ1) is 10.2. The summed E-state index contributed by atoms with van der Waals surface area (Å²) in [5, 5.41) is 3.28. The first-order valence-corrected chi connectivity index (χ1v) is 8.57. The van der Waals surface area contributed by atoms with E-state index in [4.69, 9.17) is 0 Å². The highest BCUT2D eigenvalue weighted by atomic mass is 32.1. The van der Waals surface area contributed by atoms with Gasteiger partial charge in [-0.15, -0.1) is 11.3 Å². The predicted molar refractivity (Wildman–Crippen MR) is 90.3 cm³/mol. The van der Waals surface area contributed by atoms with Gasteiger partial charge in [0.25, 0.3) is 0 Å². The number of carbonyl (C=O) groups excluding carboxylic acids is 1. The number of anilines is 1. The number of aryl methyl sites for hydroxylation is 2. The Balaban J connectivity index is 1.61. The second-order valence-electron chi connectivity index (χ2n) is 5.29. The lowest BCUT2D eigenvalue weighted by Gasteiger charge is -2.09. The summed E-state index contributed by atoms with van der Waals surface area (Å²) in [6, 6.07) is 9.94. The van der Waals surface area contributed by atoms with E-state index in [1.165, 1.54) is 23.4 Å². The van der Waals surface area contributed by atoms with Gasteiger partial charge in [0.05, 0.1) is 10.9 Å². The van der Waals surface area contributed by atoms with Crippen LogP contribution in [0.3, 0.4) is 0 Å². The zero-order valence-corrected chi connectivity index (χ0v) is 13.4. The number of carbonyl (C=O) groups is 1. The molecule has 0 saturated heterocycles. The summed E-state index contributed by atoms with van der Waals surface area (Å²) in [5.41, 5.74) is 2.28. The molecule has 1 N–H and O–H groups in total. The molecule has 1 unspecified atom stereocenters. The lowest BCUT2D eigenvalue weighted by Crippen LogP contribution is -2.25. The van der Waals surface area contributed by atoms with Crippen LogP contribution in [0.2, 0.25) is 0 Å².